The predicted molar refractivity (Wildman–Crippen MR) is 82.4 cm³/mol. The molecule has 23 heavy (non-hydrogen) atoms. The Morgan fingerprint density at radius 3 is 2.39 bits per heavy atom. The van der Waals surface area contributed by atoms with Gasteiger partial charge in [0, 0.05) is 5.41 Å². The second kappa shape index (κ2) is 6.42. The van der Waals surface area contributed by atoms with Crippen LogP contribution in [0.15, 0.2) is 0 Å². The van der Waals surface area contributed by atoms with Crippen molar-refractivity contribution in [3.8, 4) is 0 Å². The Bertz CT molecular complexity index is 521. The molecule has 0 N–H and O–H groups in total. The predicted octanol–water partition coefficient (Wildman–Crippen LogP) is 1.94. The van der Waals surface area contributed by atoms with Crippen molar-refractivity contribution in [3.63, 3.8) is 0 Å². The zero-order valence-electron chi connectivity index (χ0n) is 14.7. The third-order valence-electron chi connectivity index (χ3n) is 4.96. The first-order valence-electron chi connectivity index (χ1n) is 7.70. The van der Waals surface area contributed by atoms with Crippen LogP contribution < -0.4 is 0 Å². The van der Waals surface area contributed by atoms with Gasteiger partial charge in [0.1, 0.15) is 12.0 Å². The van der Waals surface area contributed by atoms with Gasteiger partial charge in [-0.25, -0.2) is 0 Å². The van der Waals surface area contributed by atoms with Gasteiger partial charge in [0.25, 0.3) is 0 Å². The summed E-state index contributed by atoms with van der Waals surface area (Å²) in [6, 6.07) is 0. The Morgan fingerprint density at radius 1 is 1.39 bits per heavy atom. The van der Waals surface area contributed by atoms with Gasteiger partial charge in [-0.2, -0.15) is 0 Å². The lowest BCUT2D eigenvalue weighted by Crippen LogP contribution is -2.54. The highest BCUT2D eigenvalue weighted by atomic mass is 16.5. The lowest BCUT2D eigenvalue weighted by molar-refractivity contribution is -0.190. The summed E-state index contributed by atoms with van der Waals surface area (Å²) in [5.74, 6) is -1.56. The molecular formula is C17H26O6. The van der Waals surface area contributed by atoms with Crippen LogP contribution in [0.4, 0.5) is 0 Å². The van der Waals surface area contributed by atoms with Crippen LogP contribution in [0.2, 0.25) is 0 Å². The molecule has 0 saturated carbocycles. The number of rotatable bonds is 6. The maximum atomic E-state index is 12.4. The number of hydrogen-bond donors (Lipinski definition) is 0. The summed E-state index contributed by atoms with van der Waals surface area (Å²) in [5, 5.41) is 0. The Labute approximate surface area is 136 Å². The molecule has 1 aliphatic rings. The number of esters is 2. The molecule has 1 saturated heterocycles. The van der Waals surface area contributed by atoms with Gasteiger partial charge in [0.15, 0.2) is 6.29 Å². The van der Waals surface area contributed by atoms with Gasteiger partial charge in [-0.05, 0) is 25.7 Å². The van der Waals surface area contributed by atoms with Crippen LogP contribution in [0.5, 0.6) is 0 Å². The van der Waals surface area contributed by atoms with Gasteiger partial charge in [0.05, 0.1) is 12.5 Å². The molecule has 6 heteroatoms. The fourth-order valence-corrected chi connectivity index (χ4v) is 3.49. The molecular weight excluding hydrogens is 300 g/mol. The number of Topliss-reactive ketones (excluding diaryl/α,β-unsaturated/α-hetero) is 1. The summed E-state index contributed by atoms with van der Waals surface area (Å²) >= 11 is 0. The molecule has 0 aromatic rings. The largest absolute Gasteiger partial charge is 0.468 e. The topological polar surface area (TPSA) is 86.7 Å². The number of cyclic esters (lactones) is 1. The van der Waals surface area contributed by atoms with E-state index in [1.54, 1.807) is 20.8 Å². The quantitative estimate of drug-likeness (QED) is 0.421. The van der Waals surface area contributed by atoms with Gasteiger partial charge in [0.2, 0.25) is 5.78 Å². The normalized spacial score (nSPS) is 28.2. The smallest absolute Gasteiger partial charge is 0.315 e. The molecule has 1 fully saturated rings. The van der Waals surface area contributed by atoms with E-state index in [0.717, 1.165) is 0 Å². The highest BCUT2D eigenvalue weighted by molar-refractivity contribution is 6.27. The van der Waals surface area contributed by atoms with E-state index in [1.807, 2.05) is 13.8 Å². The van der Waals surface area contributed by atoms with Crippen LogP contribution in [-0.4, -0.2) is 37.7 Å². The van der Waals surface area contributed by atoms with E-state index in [1.165, 1.54) is 7.11 Å². The number of hydrogen-bond acceptors (Lipinski definition) is 6. The van der Waals surface area contributed by atoms with E-state index in [2.05, 4.69) is 0 Å². The highest BCUT2D eigenvalue weighted by Crippen LogP contribution is 2.50. The SMILES string of the molecule is COC(=O)C1(C(C)C)COC(=O)C(C)(CC(C)(C)C(=O)C=O)C1. The first-order valence-corrected chi connectivity index (χ1v) is 7.70. The van der Waals surface area contributed by atoms with E-state index >= 15 is 0 Å². The van der Waals surface area contributed by atoms with E-state index in [-0.39, 0.29) is 31.7 Å². The Morgan fingerprint density at radius 2 is 1.96 bits per heavy atom. The molecule has 0 bridgehead atoms. The van der Waals surface area contributed by atoms with Crippen molar-refractivity contribution in [1.82, 2.24) is 0 Å². The van der Waals surface area contributed by atoms with Gasteiger partial charge in [-0.1, -0.05) is 27.7 Å². The molecule has 6 nitrogen and oxygen atoms in total. The van der Waals surface area contributed by atoms with Crippen molar-refractivity contribution in [2.24, 2.45) is 22.2 Å². The average Bonchev–Trinajstić information content (AvgIpc) is 2.47. The van der Waals surface area contributed by atoms with Gasteiger partial charge < -0.3 is 9.47 Å². The molecule has 0 spiro atoms. The van der Waals surface area contributed by atoms with Crippen molar-refractivity contribution in [1.29, 1.82) is 0 Å². The average molecular weight is 326 g/mol. The van der Waals surface area contributed by atoms with Crippen LogP contribution in [-0.2, 0) is 28.7 Å². The minimum absolute atomic E-state index is 0.0339. The standard InChI is InChI=1S/C17H26O6/c1-11(2)17(14(21)22-6)9-16(5,13(20)23-10-17)8-15(3,4)12(19)7-18/h7,11H,8-10H2,1-6H3. The van der Waals surface area contributed by atoms with Crippen LogP contribution in [0.3, 0.4) is 0 Å². The van der Waals surface area contributed by atoms with E-state index in [9.17, 15) is 19.2 Å². The Kier molecular flexibility index (Phi) is 5.39. The summed E-state index contributed by atoms with van der Waals surface area (Å²) in [7, 11) is 1.31. The lowest BCUT2D eigenvalue weighted by atomic mass is 9.60. The van der Waals surface area contributed by atoms with E-state index in [0.29, 0.717) is 0 Å². The first kappa shape index (κ1) is 19.3. The fourth-order valence-electron chi connectivity index (χ4n) is 3.49. The number of ether oxygens (including phenoxy) is 2. The zero-order valence-corrected chi connectivity index (χ0v) is 14.7. The van der Waals surface area contributed by atoms with Crippen molar-refractivity contribution in [2.75, 3.05) is 13.7 Å². The number of methoxy groups -OCH3 is 1. The molecule has 0 aromatic carbocycles. The zero-order chi connectivity index (χ0) is 18.1. The van der Waals surface area contributed by atoms with Gasteiger partial charge >= 0.3 is 11.9 Å². The molecule has 0 aromatic heterocycles. The summed E-state index contributed by atoms with van der Waals surface area (Å²) in [5.41, 5.74) is -3.00. The maximum absolute atomic E-state index is 12.4. The maximum Gasteiger partial charge on any atom is 0.315 e. The van der Waals surface area contributed by atoms with Crippen LogP contribution in [0.1, 0.15) is 47.5 Å². The summed E-state index contributed by atoms with van der Waals surface area (Å²) in [6.45, 7) is 8.62. The van der Waals surface area contributed by atoms with Crippen LogP contribution in [0, 0.1) is 22.2 Å². The van der Waals surface area contributed by atoms with Gasteiger partial charge in [-0.3, -0.25) is 19.2 Å². The third-order valence-corrected chi connectivity index (χ3v) is 4.96. The third kappa shape index (κ3) is 3.46. The molecule has 2 unspecified atom stereocenters. The molecule has 0 amide bonds. The molecule has 2 atom stereocenters. The van der Waals surface area contributed by atoms with Crippen molar-refractivity contribution in [2.45, 2.75) is 47.5 Å². The van der Waals surface area contributed by atoms with E-state index in [4.69, 9.17) is 9.47 Å². The second-order valence-electron chi connectivity index (χ2n) is 7.66. The Balaban J connectivity index is 3.22. The van der Waals surface area contributed by atoms with E-state index < -0.39 is 34.0 Å². The minimum Gasteiger partial charge on any atom is -0.468 e. The molecule has 0 aliphatic carbocycles. The van der Waals surface area contributed by atoms with Crippen molar-refractivity contribution >= 4 is 24.0 Å². The summed E-state index contributed by atoms with van der Waals surface area (Å²) < 4.78 is 10.2. The molecule has 0 radical (unpaired) electrons. The lowest BCUT2D eigenvalue weighted by Gasteiger charge is -2.46. The molecule has 1 aliphatic heterocycles. The Hall–Kier alpha value is -1.72. The highest BCUT2D eigenvalue weighted by Gasteiger charge is 2.57. The van der Waals surface area contributed by atoms with Crippen molar-refractivity contribution < 1.29 is 28.7 Å². The monoisotopic (exact) mass is 326 g/mol. The minimum atomic E-state index is -1.04. The second-order valence-corrected chi connectivity index (χ2v) is 7.66. The number of ketones is 1. The fraction of sp³-hybridized carbons (Fsp3) is 0.765. The molecule has 1 heterocycles. The van der Waals surface area contributed by atoms with Gasteiger partial charge in [-0.15, -0.1) is 0 Å². The number of carbonyl (C=O) groups is 4. The van der Waals surface area contributed by atoms with Crippen LogP contribution in [0.25, 0.3) is 0 Å². The first-order chi connectivity index (χ1) is 10.4. The summed E-state index contributed by atoms with van der Waals surface area (Å²) in [4.78, 5) is 47.4. The molecule has 130 valence electrons. The summed E-state index contributed by atoms with van der Waals surface area (Å²) in [6.07, 6.45) is 0.619. The number of aldehydes is 1. The number of carbonyl (C=O) groups excluding carboxylic acids is 4. The molecule has 1 rings (SSSR count). The van der Waals surface area contributed by atoms with Crippen LogP contribution >= 0.6 is 0 Å². The van der Waals surface area contributed by atoms with Crippen molar-refractivity contribution in [3.05, 3.63) is 0 Å².